The van der Waals surface area contributed by atoms with Crippen molar-refractivity contribution in [1.82, 2.24) is 14.8 Å². The Kier molecular flexibility index (Phi) is 4.41. The average Bonchev–Trinajstić information content (AvgIpc) is 2.79. The maximum absolute atomic E-state index is 11.7. The fourth-order valence-electron chi connectivity index (χ4n) is 1.50. The number of halogens is 1. The lowest BCUT2D eigenvalue weighted by atomic mass is 10.3. The molecule has 104 valence electrons. The van der Waals surface area contributed by atoms with E-state index in [4.69, 9.17) is 0 Å². The number of anilines is 1. The van der Waals surface area contributed by atoms with Crippen molar-refractivity contribution in [2.45, 2.75) is 13.0 Å². The Morgan fingerprint density at radius 1 is 1.45 bits per heavy atom. The number of nitro groups is 1. The Hall–Kier alpha value is -2.29. The standard InChI is InChI=1S/C11H10BrN5O3/c12-9-7-16(15-11(9)17(19)20)6-3-10(18)14-8-1-4-13-5-2-8/h1-2,4-5,7H,3,6H2,(H,13,14,18). The van der Waals surface area contributed by atoms with Crippen molar-refractivity contribution in [1.29, 1.82) is 0 Å². The smallest absolute Gasteiger partial charge is 0.358 e. The van der Waals surface area contributed by atoms with Crippen molar-refractivity contribution in [3.8, 4) is 0 Å². The molecule has 1 amide bonds. The fourth-order valence-corrected chi connectivity index (χ4v) is 1.96. The number of carbonyl (C=O) groups excluding carboxylic acids is 1. The van der Waals surface area contributed by atoms with Crippen LogP contribution in [0, 0.1) is 10.1 Å². The molecule has 2 rings (SSSR count). The zero-order chi connectivity index (χ0) is 14.5. The normalized spacial score (nSPS) is 10.2. The minimum Gasteiger partial charge on any atom is -0.358 e. The number of rotatable bonds is 5. The summed E-state index contributed by atoms with van der Waals surface area (Å²) >= 11 is 3.05. The molecule has 8 nitrogen and oxygen atoms in total. The molecule has 0 spiro atoms. The highest BCUT2D eigenvalue weighted by atomic mass is 79.9. The molecule has 0 bridgehead atoms. The van der Waals surface area contributed by atoms with Gasteiger partial charge in [0, 0.05) is 24.5 Å². The lowest BCUT2D eigenvalue weighted by Crippen LogP contribution is -2.14. The summed E-state index contributed by atoms with van der Waals surface area (Å²) in [5, 5.41) is 17.1. The Labute approximate surface area is 122 Å². The van der Waals surface area contributed by atoms with Gasteiger partial charge in [-0.05, 0) is 33.0 Å². The first-order chi connectivity index (χ1) is 9.56. The molecule has 0 saturated carbocycles. The summed E-state index contributed by atoms with van der Waals surface area (Å²) in [4.78, 5) is 25.6. The maximum atomic E-state index is 11.7. The fraction of sp³-hybridized carbons (Fsp3) is 0.182. The Morgan fingerprint density at radius 2 is 2.15 bits per heavy atom. The number of amides is 1. The van der Waals surface area contributed by atoms with Crippen LogP contribution in [0.1, 0.15) is 6.42 Å². The van der Waals surface area contributed by atoms with Crippen molar-refractivity contribution in [3.05, 3.63) is 45.3 Å². The van der Waals surface area contributed by atoms with Gasteiger partial charge in [-0.15, -0.1) is 0 Å². The summed E-state index contributed by atoms with van der Waals surface area (Å²) in [6, 6.07) is 3.35. The number of pyridine rings is 1. The second-order valence-electron chi connectivity index (χ2n) is 3.85. The summed E-state index contributed by atoms with van der Waals surface area (Å²) in [6.07, 6.45) is 4.78. The zero-order valence-electron chi connectivity index (χ0n) is 10.2. The first-order valence-corrected chi connectivity index (χ1v) is 6.43. The van der Waals surface area contributed by atoms with Crippen LogP contribution >= 0.6 is 15.9 Å². The molecular weight excluding hydrogens is 330 g/mol. The SMILES string of the molecule is O=C(CCn1cc(Br)c([N+](=O)[O-])n1)Nc1ccncc1. The predicted molar refractivity (Wildman–Crippen MR) is 74.1 cm³/mol. The van der Waals surface area contributed by atoms with Gasteiger partial charge in [0.2, 0.25) is 5.91 Å². The molecule has 20 heavy (non-hydrogen) atoms. The summed E-state index contributed by atoms with van der Waals surface area (Å²) in [5.74, 6) is -0.468. The van der Waals surface area contributed by atoms with Crippen molar-refractivity contribution >= 4 is 33.3 Å². The van der Waals surface area contributed by atoms with Gasteiger partial charge >= 0.3 is 5.82 Å². The lowest BCUT2D eigenvalue weighted by Gasteiger charge is -2.03. The highest BCUT2D eigenvalue weighted by molar-refractivity contribution is 9.10. The van der Waals surface area contributed by atoms with Gasteiger partial charge in [0.25, 0.3) is 0 Å². The van der Waals surface area contributed by atoms with Crippen molar-refractivity contribution < 1.29 is 9.72 Å². The van der Waals surface area contributed by atoms with E-state index in [1.54, 1.807) is 24.5 Å². The summed E-state index contributed by atoms with van der Waals surface area (Å²) in [6.45, 7) is 0.253. The molecule has 0 aliphatic carbocycles. The molecule has 0 aliphatic heterocycles. The van der Waals surface area contributed by atoms with E-state index in [1.807, 2.05) is 0 Å². The van der Waals surface area contributed by atoms with Crippen LogP contribution < -0.4 is 5.32 Å². The first-order valence-electron chi connectivity index (χ1n) is 5.63. The number of nitrogens with one attached hydrogen (secondary N) is 1. The van der Waals surface area contributed by atoms with Gasteiger partial charge in [-0.25, -0.2) is 0 Å². The van der Waals surface area contributed by atoms with E-state index in [9.17, 15) is 14.9 Å². The molecule has 9 heteroatoms. The molecule has 1 N–H and O–H groups in total. The van der Waals surface area contributed by atoms with Gasteiger partial charge in [0.1, 0.15) is 4.47 Å². The van der Waals surface area contributed by atoms with Gasteiger partial charge in [-0.2, -0.15) is 4.68 Å². The van der Waals surface area contributed by atoms with Crippen LogP contribution in [-0.4, -0.2) is 25.6 Å². The number of aromatic nitrogens is 3. The molecule has 2 aromatic heterocycles. The molecule has 0 aliphatic rings. The molecule has 0 saturated heterocycles. The van der Waals surface area contributed by atoms with E-state index in [2.05, 4.69) is 31.3 Å². The van der Waals surface area contributed by atoms with E-state index in [-0.39, 0.29) is 29.2 Å². The summed E-state index contributed by atoms with van der Waals surface area (Å²) in [5.41, 5.74) is 0.651. The molecule has 0 aromatic carbocycles. The second-order valence-corrected chi connectivity index (χ2v) is 4.71. The van der Waals surface area contributed by atoms with E-state index >= 15 is 0 Å². The number of aryl methyl sites for hydroxylation is 1. The molecule has 0 unspecified atom stereocenters. The largest absolute Gasteiger partial charge is 0.404 e. The van der Waals surface area contributed by atoms with Gasteiger partial charge in [0.05, 0.1) is 17.8 Å². The van der Waals surface area contributed by atoms with Gasteiger partial charge in [-0.1, -0.05) is 0 Å². The number of nitrogens with zero attached hydrogens (tertiary/aromatic N) is 4. The Bertz CT molecular complexity index is 628. The van der Waals surface area contributed by atoms with E-state index in [1.165, 1.54) is 10.9 Å². The van der Waals surface area contributed by atoms with E-state index in [0.717, 1.165) is 0 Å². The van der Waals surface area contributed by atoms with Crippen LogP contribution in [0.3, 0.4) is 0 Å². The highest BCUT2D eigenvalue weighted by Crippen LogP contribution is 2.22. The molecule has 2 aromatic rings. The van der Waals surface area contributed by atoms with Crippen LogP contribution in [0.25, 0.3) is 0 Å². The first kappa shape index (κ1) is 14.1. The van der Waals surface area contributed by atoms with Gasteiger partial charge in [-0.3, -0.25) is 9.78 Å². The van der Waals surface area contributed by atoms with Crippen LogP contribution in [0.2, 0.25) is 0 Å². The van der Waals surface area contributed by atoms with Crippen LogP contribution in [0.4, 0.5) is 11.5 Å². The molecule has 0 radical (unpaired) electrons. The monoisotopic (exact) mass is 339 g/mol. The average molecular weight is 340 g/mol. The number of hydrogen-bond acceptors (Lipinski definition) is 5. The third-order valence-corrected chi connectivity index (χ3v) is 2.96. The Balaban J connectivity index is 1.90. The second kappa shape index (κ2) is 6.24. The quantitative estimate of drug-likeness (QED) is 0.662. The minimum atomic E-state index is -0.586. The zero-order valence-corrected chi connectivity index (χ0v) is 11.8. The highest BCUT2D eigenvalue weighted by Gasteiger charge is 2.18. The van der Waals surface area contributed by atoms with Crippen LogP contribution in [0.5, 0.6) is 0 Å². The Morgan fingerprint density at radius 3 is 2.75 bits per heavy atom. The molecule has 2 heterocycles. The van der Waals surface area contributed by atoms with Crippen molar-refractivity contribution in [2.24, 2.45) is 0 Å². The topological polar surface area (TPSA) is 103 Å². The molecule has 0 atom stereocenters. The van der Waals surface area contributed by atoms with E-state index < -0.39 is 4.92 Å². The van der Waals surface area contributed by atoms with Crippen molar-refractivity contribution in [3.63, 3.8) is 0 Å². The number of hydrogen-bond donors (Lipinski definition) is 1. The third kappa shape index (κ3) is 3.60. The van der Waals surface area contributed by atoms with Gasteiger partial charge in [0.15, 0.2) is 0 Å². The predicted octanol–water partition coefficient (Wildman–Crippen LogP) is 1.98. The lowest BCUT2D eigenvalue weighted by molar-refractivity contribution is -0.390. The molecular formula is C11H10BrN5O3. The number of carbonyl (C=O) groups is 1. The third-order valence-electron chi connectivity index (χ3n) is 2.40. The van der Waals surface area contributed by atoms with E-state index in [0.29, 0.717) is 5.69 Å². The maximum Gasteiger partial charge on any atom is 0.404 e. The summed E-state index contributed by atoms with van der Waals surface area (Å²) < 4.78 is 1.64. The van der Waals surface area contributed by atoms with Crippen LogP contribution in [-0.2, 0) is 11.3 Å². The van der Waals surface area contributed by atoms with Gasteiger partial charge < -0.3 is 15.4 Å². The minimum absolute atomic E-state index is 0.160. The molecule has 0 fully saturated rings. The van der Waals surface area contributed by atoms with Crippen LogP contribution in [0.15, 0.2) is 35.2 Å². The van der Waals surface area contributed by atoms with Crippen molar-refractivity contribution in [2.75, 3.05) is 5.32 Å². The summed E-state index contributed by atoms with van der Waals surface area (Å²) in [7, 11) is 0.